The first-order valence-electron chi connectivity index (χ1n) is 5.81. The van der Waals surface area contributed by atoms with Crippen LogP contribution >= 0.6 is 15.9 Å². The van der Waals surface area contributed by atoms with Gasteiger partial charge in [-0.3, -0.25) is 4.79 Å². The minimum absolute atomic E-state index is 0.159. The van der Waals surface area contributed by atoms with Crippen LogP contribution in [0, 0.1) is 0 Å². The lowest BCUT2D eigenvalue weighted by Gasteiger charge is -2.19. The van der Waals surface area contributed by atoms with Crippen molar-refractivity contribution in [2.24, 2.45) is 0 Å². The Labute approximate surface area is 110 Å². The fraction of sp³-hybridized carbons (Fsp3) is 0.462. The SMILES string of the molecule is CCCN1C(=O)C(C)(C)c2cc(Br)c(N)cc21. The van der Waals surface area contributed by atoms with Gasteiger partial charge in [0.1, 0.15) is 0 Å². The van der Waals surface area contributed by atoms with E-state index in [-0.39, 0.29) is 5.91 Å². The maximum atomic E-state index is 12.4. The first kappa shape index (κ1) is 12.4. The Bertz CT molecular complexity index is 483. The van der Waals surface area contributed by atoms with Crippen molar-refractivity contribution in [3.05, 3.63) is 22.2 Å². The van der Waals surface area contributed by atoms with Gasteiger partial charge in [-0.15, -0.1) is 0 Å². The lowest BCUT2D eigenvalue weighted by atomic mass is 9.86. The van der Waals surface area contributed by atoms with Gasteiger partial charge in [0.05, 0.1) is 11.1 Å². The molecule has 0 spiro atoms. The molecular formula is C13H17BrN2O. The molecule has 0 bridgehead atoms. The summed E-state index contributed by atoms with van der Waals surface area (Å²) >= 11 is 3.42. The van der Waals surface area contributed by atoms with E-state index in [0.29, 0.717) is 5.69 Å². The maximum Gasteiger partial charge on any atom is 0.237 e. The van der Waals surface area contributed by atoms with Crippen LogP contribution in [0.1, 0.15) is 32.8 Å². The largest absolute Gasteiger partial charge is 0.398 e. The maximum absolute atomic E-state index is 12.4. The molecule has 1 aliphatic heterocycles. The van der Waals surface area contributed by atoms with Crippen molar-refractivity contribution in [1.29, 1.82) is 0 Å². The molecule has 1 amide bonds. The van der Waals surface area contributed by atoms with Crippen LogP contribution in [0.15, 0.2) is 16.6 Å². The molecule has 1 heterocycles. The number of carbonyl (C=O) groups is 1. The second-order valence-electron chi connectivity index (χ2n) is 4.97. The minimum Gasteiger partial charge on any atom is -0.398 e. The Morgan fingerprint density at radius 2 is 2.06 bits per heavy atom. The zero-order valence-electron chi connectivity index (χ0n) is 10.4. The van der Waals surface area contributed by atoms with E-state index in [2.05, 4.69) is 22.9 Å². The second-order valence-corrected chi connectivity index (χ2v) is 5.83. The monoisotopic (exact) mass is 296 g/mol. The smallest absolute Gasteiger partial charge is 0.237 e. The van der Waals surface area contributed by atoms with E-state index in [9.17, 15) is 4.79 Å². The molecule has 1 aliphatic rings. The van der Waals surface area contributed by atoms with Crippen LogP contribution in [0.5, 0.6) is 0 Å². The lowest BCUT2D eigenvalue weighted by Crippen LogP contribution is -2.36. The molecule has 0 saturated heterocycles. The van der Waals surface area contributed by atoms with E-state index < -0.39 is 5.41 Å². The molecule has 1 aromatic rings. The molecule has 0 radical (unpaired) electrons. The molecular weight excluding hydrogens is 280 g/mol. The van der Waals surface area contributed by atoms with Crippen molar-refractivity contribution < 1.29 is 4.79 Å². The fourth-order valence-electron chi connectivity index (χ4n) is 2.31. The molecule has 92 valence electrons. The van der Waals surface area contributed by atoms with Crippen LogP contribution in [0.25, 0.3) is 0 Å². The molecule has 0 aromatic heterocycles. The summed E-state index contributed by atoms with van der Waals surface area (Å²) in [4.78, 5) is 14.2. The molecule has 2 rings (SSSR count). The minimum atomic E-state index is -0.458. The summed E-state index contributed by atoms with van der Waals surface area (Å²) in [7, 11) is 0. The predicted molar refractivity (Wildman–Crippen MR) is 74.2 cm³/mol. The molecule has 3 nitrogen and oxygen atoms in total. The van der Waals surface area contributed by atoms with Gasteiger partial charge in [0.15, 0.2) is 0 Å². The summed E-state index contributed by atoms with van der Waals surface area (Å²) in [5.41, 5.74) is 8.13. The van der Waals surface area contributed by atoms with E-state index in [1.807, 2.05) is 30.9 Å². The first-order chi connectivity index (χ1) is 7.89. The molecule has 17 heavy (non-hydrogen) atoms. The first-order valence-corrected chi connectivity index (χ1v) is 6.60. The summed E-state index contributed by atoms with van der Waals surface area (Å²) in [5, 5.41) is 0. The highest BCUT2D eigenvalue weighted by Gasteiger charge is 2.43. The number of nitrogens with two attached hydrogens (primary N) is 1. The number of benzene rings is 1. The average molecular weight is 297 g/mol. The van der Waals surface area contributed by atoms with E-state index >= 15 is 0 Å². The van der Waals surface area contributed by atoms with Gasteiger partial charge in [-0.2, -0.15) is 0 Å². The van der Waals surface area contributed by atoms with E-state index in [0.717, 1.165) is 28.7 Å². The second kappa shape index (κ2) is 4.02. The van der Waals surface area contributed by atoms with E-state index in [1.54, 1.807) is 0 Å². The van der Waals surface area contributed by atoms with Crippen molar-refractivity contribution in [1.82, 2.24) is 0 Å². The third-order valence-corrected chi connectivity index (χ3v) is 3.99. The Morgan fingerprint density at radius 1 is 1.41 bits per heavy atom. The fourth-order valence-corrected chi connectivity index (χ4v) is 2.65. The summed E-state index contributed by atoms with van der Waals surface area (Å²) in [5.74, 6) is 0.159. The number of nitrogens with zero attached hydrogens (tertiary/aromatic N) is 1. The van der Waals surface area contributed by atoms with E-state index in [1.165, 1.54) is 0 Å². The third-order valence-electron chi connectivity index (χ3n) is 3.31. The summed E-state index contributed by atoms with van der Waals surface area (Å²) in [6.07, 6.45) is 0.942. The van der Waals surface area contributed by atoms with E-state index in [4.69, 9.17) is 5.73 Å². The number of rotatable bonds is 2. The van der Waals surface area contributed by atoms with Crippen molar-refractivity contribution in [2.75, 3.05) is 17.2 Å². The molecule has 2 N–H and O–H groups in total. The quantitative estimate of drug-likeness (QED) is 0.853. The van der Waals surface area contributed by atoms with Gasteiger partial charge in [-0.05, 0) is 53.9 Å². The normalized spacial score (nSPS) is 17.4. The molecule has 1 aromatic carbocycles. The Balaban J connectivity index is 2.61. The molecule has 4 heteroatoms. The highest BCUT2D eigenvalue weighted by atomic mass is 79.9. The molecule has 0 fully saturated rings. The van der Waals surface area contributed by atoms with Crippen molar-refractivity contribution in [2.45, 2.75) is 32.6 Å². The van der Waals surface area contributed by atoms with Gasteiger partial charge in [0, 0.05) is 16.7 Å². The third kappa shape index (κ3) is 1.75. The van der Waals surface area contributed by atoms with Crippen LogP contribution in [0.2, 0.25) is 0 Å². The summed E-state index contributed by atoms with van der Waals surface area (Å²) < 4.78 is 0.857. The van der Waals surface area contributed by atoms with Crippen molar-refractivity contribution in [3.8, 4) is 0 Å². The van der Waals surface area contributed by atoms with Crippen LogP contribution in [-0.2, 0) is 10.2 Å². The van der Waals surface area contributed by atoms with Gasteiger partial charge in [-0.25, -0.2) is 0 Å². The highest BCUT2D eigenvalue weighted by molar-refractivity contribution is 9.10. The average Bonchev–Trinajstić information content (AvgIpc) is 2.43. The zero-order chi connectivity index (χ0) is 12.8. The van der Waals surface area contributed by atoms with Crippen molar-refractivity contribution >= 4 is 33.2 Å². The zero-order valence-corrected chi connectivity index (χ0v) is 12.0. The molecule has 0 unspecified atom stereocenters. The summed E-state index contributed by atoms with van der Waals surface area (Å²) in [6, 6.07) is 3.86. The van der Waals surface area contributed by atoms with Gasteiger partial charge >= 0.3 is 0 Å². The molecule has 0 saturated carbocycles. The van der Waals surface area contributed by atoms with Crippen LogP contribution in [-0.4, -0.2) is 12.5 Å². The van der Waals surface area contributed by atoms with Gasteiger partial charge in [-0.1, -0.05) is 6.92 Å². The standard InChI is InChI=1S/C13H17BrN2O/c1-4-5-16-11-7-10(15)9(14)6-8(11)13(2,3)12(16)17/h6-7H,4-5,15H2,1-3H3. The molecule has 0 aliphatic carbocycles. The predicted octanol–water partition coefficient (Wildman–Crippen LogP) is 3.07. The Morgan fingerprint density at radius 3 is 2.65 bits per heavy atom. The summed E-state index contributed by atoms with van der Waals surface area (Å²) in [6.45, 7) is 6.75. The number of halogens is 1. The number of hydrogen-bond donors (Lipinski definition) is 1. The Hall–Kier alpha value is -1.03. The van der Waals surface area contributed by atoms with Gasteiger partial charge < -0.3 is 10.6 Å². The van der Waals surface area contributed by atoms with Crippen LogP contribution in [0.4, 0.5) is 11.4 Å². The number of amides is 1. The highest BCUT2D eigenvalue weighted by Crippen LogP contribution is 2.44. The topological polar surface area (TPSA) is 46.3 Å². The lowest BCUT2D eigenvalue weighted by molar-refractivity contribution is -0.122. The van der Waals surface area contributed by atoms with Crippen LogP contribution in [0.3, 0.4) is 0 Å². The number of hydrogen-bond acceptors (Lipinski definition) is 2. The van der Waals surface area contributed by atoms with Gasteiger partial charge in [0.25, 0.3) is 0 Å². The number of fused-ring (bicyclic) bond motifs is 1. The van der Waals surface area contributed by atoms with Crippen LogP contribution < -0.4 is 10.6 Å². The number of carbonyl (C=O) groups excluding carboxylic acids is 1. The van der Waals surface area contributed by atoms with Crippen molar-refractivity contribution in [3.63, 3.8) is 0 Å². The molecule has 0 atom stereocenters. The Kier molecular flexibility index (Phi) is 2.94. The van der Waals surface area contributed by atoms with Gasteiger partial charge in [0.2, 0.25) is 5.91 Å². The number of nitrogen functional groups attached to an aromatic ring is 1. The number of anilines is 2.